The van der Waals surface area contributed by atoms with E-state index in [4.69, 9.17) is 0 Å². The molecule has 0 aliphatic rings. The lowest BCUT2D eigenvalue weighted by Crippen LogP contribution is -2.32. The summed E-state index contributed by atoms with van der Waals surface area (Å²) in [5, 5.41) is 5.66. The van der Waals surface area contributed by atoms with E-state index in [1.165, 1.54) is 5.56 Å². The highest BCUT2D eigenvalue weighted by molar-refractivity contribution is 9.10. The van der Waals surface area contributed by atoms with E-state index >= 15 is 0 Å². The fourth-order valence-corrected chi connectivity index (χ4v) is 2.51. The summed E-state index contributed by atoms with van der Waals surface area (Å²) >= 11 is 3.33. The molecule has 2 N–H and O–H groups in total. The Morgan fingerprint density at radius 3 is 2.33 bits per heavy atom. The van der Waals surface area contributed by atoms with E-state index in [-0.39, 0.29) is 24.2 Å². The topological polar surface area (TPSA) is 58.2 Å². The molecule has 126 valence electrons. The van der Waals surface area contributed by atoms with Crippen molar-refractivity contribution in [3.63, 3.8) is 0 Å². The molecule has 0 saturated heterocycles. The maximum Gasteiger partial charge on any atom is 0.251 e. The predicted octanol–water partition coefficient (Wildman–Crippen LogP) is 3.49. The molecule has 0 saturated carbocycles. The van der Waals surface area contributed by atoms with Crippen molar-refractivity contribution in [2.45, 2.75) is 19.3 Å². The normalized spacial score (nSPS) is 11.6. The second-order valence-corrected chi connectivity index (χ2v) is 6.54. The van der Waals surface area contributed by atoms with Gasteiger partial charge in [0.1, 0.15) is 0 Å². The number of carbonyl (C=O) groups is 2. The van der Waals surface area contributed by atoms with E-state index in [0.29, 0.717) is 18.7 Å². The summed E-state index contributed by atoms with van der Waals surface area (Å²) in [7, 11) is 0. The highest BCUT2D eigenvalue weighted by Crippen LogP contribution is 2.13. The molecule has 0 bridgehead atoms. The van der Waals surface area contributed by atoms with Gasteiger partial charge in [-0.05, 0) is 35.7 Å². The van der Waals surface area contributed by atoms with Crippen LogP contribution in [0.5, 0.6) is 0 Å². The lowest BCUT2D eigenvalue weighted by Gasteiger charge is -2.13. The minimum Gasteiger partial charge on any atom is -0.355 e. The molecule has 0 aromatic heterocycles. The fourth-order valence-electron chi connectivity index (χ4n) is 2.25. The molecule has 1 atom stereocenters. The minimum atomic E-state index is -0.173. The molecule has 2 amide bonds. The monoisotopic (exact) mass is 388 g/mol. The van der Waals surface area contributed by atoms with Crippen molar-refractivity contribution in [3.8, 4) is 0 Å². The number of carbonyl (C=O) groups excluding carboxylic acids is 2. The maximum absolute atomic E-state index is 11.9. The lowest BCUT2D eigenvalue weighted by molar-refractivity contribution is -0.121. The van der Waals surface area contributed by atoms with Crippen molar-refractivity contribution < 1.29 is 9.59 Å². The molecule has 2 aromatic rings. The van der Waals surface area contributed by atoms with Gasteiger partial charge in [-0.2, -0.15) is 0 Å². The van der Waals surface area contributed by atoms with E-state index in [1.807, 2.05) is 30.3 Å². The third kappa shape index (κ3) is 5.81. The summed E-state index contributed by atoms with van der Waals surface area (Å²) in [4.78, 5) is 23.8. The fraction of sp³-hybridized carbons (Fsp3) is 0.263. The van der Waals surface area contributed by atoms with Gasteiger partial charge in [0, 0.05) is 29.5 Å². The van der Waals surface area contributed by atoms with Crippen LogP contribution < -0.4 is 10.6 Å². The number of nitrogens with one attached hydrogen (secondary N) is 2. The van der Waals surface area contributed by atoms with Gasteiger partial charge in [-0.15, -0.1) is 0 Å². The molecule has 24 heavy (non-hydrogen) atoms. The second kappa shape index (κ2) is 9.23. The molecule has 0 unspecified atom stereocenters. The molecule has 0 aliphatic heterocycles. The number of hydrogen-bond donors (Lipinski definition) is 2. The van der Waals surface area contributed by atoms with Crippen LogP contribution >= 0.6 is 15.9 Å². The van der Waals surface area contributed by atoms with Crippen molar-refractivity contribution in [2.75, 3.05) is 13.1 Å². The Morgan fingerprint density at radius 1 is 1.00 bits per heavy atom. The standard InChI is InChI=1S/C19H21BrN2O2/c1-14(15-5-3-2-4-6-15)13-22-18(23)11-12-21-19(24)16-7-9-17(20)10-8-16/h2-10,14H,11-13H2,1H3,(H,21,24)(H,22,23)/t14-/m1/s1. The first-order chi connectivity index (χ1) is 11.6. The molecule has 2 rings (SSSR count). The highest BCUT2D eigenvalue weighted by atomic mass is 79.9. The molecule has 0 aliphatic carbocycles. The van der Waals surface area contributed by atoms with Gasteiger partial charge < -0.3 is 10.6 Å². The zero-order valence-corrected chi connectivity index (χ0v) is 15.2. The maximum atomic E-state index is 11.9. The van der Waals surface area contributed by atoms with Gasteiger partial charge in [-0.25, -0.2) is 0 Å². The van der Waals surface area contributed by atoms with Crippen LogP contribution in [0.1, 0.15) is 35.2 Å². The predicted molar refractivity (Wildman–Crippen MR) is 99.0 cm³/mol. The summed E-state index contributed by atoms with van der Waals surface area (Å²) in [5.41, 5.74) is 1.78. The van der Waals surface area contributed by atoms with Crippen molar-refractivity contribution in [1.82, 2.24) is 10.6 Å². The first-order valence-corrected chi connectivity index (χ1v) is 8.71. The van der Waals surface area contributed by atoms with E-state index in [9.17, 15) is 9.59 Å². The van der Waals surface area contributed by atoms with E-state index in [2.05, 4.69) is 45.6 Å². The van der Waals surface area contributed by atoms with Crippen LogP contribution in [0.25, 0.3) is 0 Å². The zero-order chi connectivity index (χ0) is 17.4. The lowest BCUT2D eigenvalue weighted by atomic mass is 10.0. The van der Waals surface area contributed by atoms with Gasteiger partial charge in [0.15, 0.2) is 0 Å². The first kappa shape index (κ1) is 18.2. The zero-order valence-electron chi connectivity index (χ0n) is 13.6. The van der Waals surface area contributed by atoms with Gasteiger partial charge in [0.25, 0.3) is 5.91 Å². The van der Waals surface area contributed by atoms with Crippen LogP contribution in [0.3, 0.4) is 0 Å². The molecule has 0 heterocycles. The number of benzene rings is 2. The average molecular weight is 389 g/mol. The third-order valence-corrected chi connectivity index (χ3v) is 4.25. The summed E-state index contributed by atoms with van der Waals surface area (Å²) in [6, 6.07) is 17.2. The van der Waals surface area contributed by atoms with Crippen molar-refractivity contribution in [1.29, 1.82) is 0 Å². The van der Waals surface area contributed by atoms with Crippen LogP contribution in [0.4, 0.5) is 0 Å². The Kier molecular flexibility index (Phi) is 7.00. The molecule has 2 aromatic carbocycles. The molecule has 4 nitrogen and oxygen atoms in total. The van der Waals surface area contributed by atoms with Gasteiger partial charge in [0.2, 0.25) is 5.91 Å². The first-order valence-electron chi connectivity index (χ1n) is 7.91. The Morgan fingerprint density at radius 2 is 1.67 bits per heavy atom. The summed E-state index contributed by atoms with van der Waals surface area (Å²) in [6.45, 7) is 2.98. The van der Waals surface area contributed by atoms with Crippen LogP contribution in [-0.4, -0.2) is 24.9 Å². The largest absolute Gasteiger partial charge is 0.355 e. The Bertz CT molecular complexity index is 672. The smallest absolute Gasteiger partial charge is 0.251 e. The Balaban J connectivity index is 1.68. The number of amides is 2. The Hall–Kier alpha value is -2.14. The van der Waals surface area contributed by atoms with Crippen molar-refractivity contribution in [2.24, 2.45) is 0 Å². The molecule has 5 heteroatoms. The molecule has 0 radical (unpaired) electrons. The molecular weight excluding hydrogens is 368 g/mol. The van der Waals surface area contributed by atoms with Crippen LogP contribution in [0.15, 0.2) is 59.1 Å². The SMILES string of the molecule is C[C@H](CNC(=O)CCNC(=O)c1ccc(Br)cc1)c1ccccc1. The van der Waals surface area contributed by atoms with Gasteiger partial charge >= 0.3 is 0 Å². The van der Waals surface area contributed by atoms with E-state index in [0.717, 1.165) is 4.47 Å². The van der Waals surface area contributed by atoms with Gasteiger partial charge in [-0.1, -0.05) is 53.2 Å². The second-order valence-electron chi connectivity index (χ2n) is 5.63. The van der Waals surface area contributed by atoms with E-state index < -0.39 is 0 Å². The molecule has 0 fully saturated rings. The molecule has 0 spiro atoms. The summed E-state index contributed by atoms with van der Waals surface area (Å²) in [6.07, 6.45) is 0.268. The molecular formula is C19H21BrN2O2. The highest BCUT2D eigenvalue weighted by Gasteiger charge is 2.09. The summed E-state index contributed by atoms with van der Waals surface area (Å²) in [5.74, 6) is 0.0225. The quantitative estimate of drug-likeness (QED) is 0.762. The van der Waals surface area contributed by atoms with Gasteiger partial charge in [-0.3, -0.25) is 9.59 Å². The van der Waals surface area contributed by atoms with Crippen LogP contribution in [0.2, 0.25) is 0 Å². The van der Waals surface area contributed by atoms with Crippen LogP contribution in [-0.2, 0) is 4.79 Å². The van der Waals surface area contributed by atoms with Crippen molar-refractivity contribution >= 4 is 27.7 Å². The van der Waals surface area contributed by atoms with Crippen molar-refractivity contribution in [3.05, 3.63) is 70.2 Å². The Labute approximate surface area is 150 Å². The number of halogens is 1. The number of rotatable bonds is 7. The number of hydrogen-bond acceptors (Lipinski definition) is 2. The summed E-state index contributed by atoms with van der Waals surface area (Å²) < 4.78 is 0.922. The average Bonchev–Trinajstić information content (AvgIpc) is 2.61. The van der Waals surface area contributed by atoms with Crippen LogP contribution in [0, 0.1) is 0 Å². The minimum absolute atomic E-state index is 0.0612. The third-order valence-electron chi connectivity index (χ3n) is 3.72. The van der Waals surface area contributed by atoms with Gasteiger partial charge in [0.05, 0.1) is 0 Å². The van der Waals surface area contributed by atoms with E-state index in [1.54, 1.807) is 12.1 Å².